The molecule has 3 heteroatoms. The Morgan fingerprint density at radius 3 is 1.69 bits per heavy atom. The van der Waals surface area contributed by atoms with Crippen molar-refractivity contribution in [1.29, 1.82) is 0 Å². The van der Waals surface area contributed by atoms with E-state index in [1.54, 1.807) is 6.20 Å². The van der Waals surface area contributed by atoms with E-state index in [-0.39, 0.29) is 5.41 Å². The van der Waals surface area contributed by atoms with Crippen molar-refractivity contribution in [3.8, 4) is 78.4 Å². The van der Waals surface area contributed by atoms with E-state index >= 15 is 0 Å². The van der Waals surface area contributed by atoms with E-state index in [2.05, 4.69) is 145 Å². The third-order valence-corrected chi connectivity index (χ3v) is 11.6. The summed E-state index contributed by atoms with van der Waals surface area (Å²) in [5.41, 5.74) is 18.1. The van der Waals surface area contributed by atoms with Crippen molar-refractivity contribution in [3.05, 3.63) is 187 Å². The molecule has 3 nitrogen and oxygen atoms in total. The quantitative estimate of drug-likeness (QED) is 0.174. The zero-order valence-electron chi connectivity index (χ0n) is 30.1. The first-order valence-electron chi connectivity index (χ1n) is 19.1. The summed E-state index contributed by atoms with van der Waals surface area (Å²) in [5, 5.41) is 0. The lowest BCUT2D eigenvalue weighted by Crippen LogP contribution is -2.28. The van der Waals surface area contributed by atoms with Gasteiger partial charge in [-0.1, -0.05) is 159 Å². The number of hydrogen-bond donors (Lipinski definition) is 0. The van der Waals surface area contributed by atoms with E-state index in [1.165, 1.54) is 71.0 Å². The van der Waals surface area contributed by atoms with Crippen LogP contribution in [-0.4, -0.2) is 15.0 Å². The van der Waals surface area contributed by atoms with Crippen LogP contribution in [0.25, 0.3) is 78.4 Å². The van der Waals surface area contributed by atoms with Crippen molar-refractivity contribution < 1.29 is 0 Å². The minimum atomic E-state index is 0.158. The number of nitrogens with zero attached hydrogens (tertiary/aromatic N) is 3. The van der Waals surface area contributed by atoms with Crippen LogP contribution in [0.2, 0.25) is 0 Å². The maximum absolute atomic E-state index is 5.11. The topological polar surface area (TPSA) is 38.7 Å². The Hall–Kier alpha value is -6.45. The van der Waals surface area contributed by atoms with Crippen molar-refractivity contribution in [2.45, 2.75) is 37.5 Å². The largest absolute Gasteiger partial charge is 0.264 e. The zero-order chi connectivity index (χ0) is 35.9. The predicted molar refractivity (Wildman–Crippen MR) is 222 cm³/mol. The summed E-state index contributed by atoms with van der Waals surface area (Å²) in [6.07, 6.45) is 10.1. The van der Waals surface area contributed by atoms with Crippen molar-refractivity contribution in [2.24, 2.45) is 0 Å². The molecule has 2 heterocycles. The Kier molecular flexibility index (Phi) is 8.06. The van der Waals surface area contributed by atoms with E-state index in [1.807, 2.05) is 30.5 Å². The van der Waals surface area contributed by atoms with Gasteiger partial charge >= 0.3 is 0 Å². The molecule has 1 saturated carbocycles. The van der Waals surface area contributed by atoms with E-state index in [9.17, 15) is 0 Å². The predicted octanol–water partition coefficient (Wildman–Crippen LogP) is 13.1. The first kappa shape index (κ1) is 32.2. The van der Waals surface area contributed by atoms with Crippen LogP contribution in [0.15, 0.2) is 176 Å². The van der Waals surface area contributed by atoms with Crippen LogP contribution in [0.1, 0.15) is 43.2 Å². The lowest BCUT2D eigenvalue weighted by Gasteiger charge is -2.36. The van der Waals surface area contributed by atoms with Gasteiger partial charge in [-0.2, -0.15) is 0 Å². The summed E-state index contributed by atoms with van der Waals surface area (Å²) < 4.78 is 0. The van der Waals surface area contributed by atoms with Crippen LogP contribution in [0.5, 0.6) is 0 Å². The molecule has 1 spiro atoms. The number of rotatable bonds is 6. The normalized spacial score (nSPS) is 14.1. The number of aromatic nitrogens is 3. The third kappa shape index (κ3) is 5.74. The second kappa shape index (κ2) is 13.5. The Balaban J connectivity index is 0.978. The van der Waals surface area contributed by atoms with Gasteiger partial charge in [-0.05, 0) is 92.7 Å². The highest BCUT2D eigenvalue weighted by atomic mass is 14.9. The lowest BCUT2D eigenvalue weighted by atomic mass is 9.67. The third-order valence-electron chi connectivity index (χ3n) is 11.6. The molecule has 0 aliphatic heterocycles. The van der Waals surface area contributed by atoms with Gasteiger partial charge in [0.05, 0.1) is 11.4 Å². The average molecular weight is 694 g/mol. The van der Waals surface area contributed by atoms with E-state index < -0.39 is 0 Å². The highest BCUT2D eigenvalue weighted by molar-refractivity contribution is 5.85. The highest BCUT2D eigenvalue weighted by Crippen LogP contribution is 2.56. The van der Waals surface area contributed by atoms with Gasteiger partial charge in [0.1, 0.15) is 0 Å². The number of hydrogen-bond acceptors (Lipinski definition) is 3. The smallest absolute Gasteiger partial charge is 0.160 e. The summed E-state index contributed by atoms with van der Waals surface area (Å²) in [4.78, 5) is 14.5. The molecule has 0 atom stereocenters. The second-order valence-electron chi connectivity index (χ2n) is 14.8. The highest BCUT2D eigenvalue weighted by Gasteiger charge is 2.43. The first-order valence-corrected chi connectivity index (χ1v) is 19.1. The standard InChI is InChI=1S/C51H39N3/c1-3-11-39(12-4-1)50-53-48(38-24-22-37(23-25-38)43-15-10-30-52-34-43)33-49(54-50)42-14-9-13-40(31-42)35-18-20-36(21-19-35)41-26-27-45-44-16-5-6-17-46(44)51(47(45)32-41)28-7-2-8-29-51/h1,3-6,9-27,30-34H,2,7-8,28-29H2. The number of fused-ring (bicyclic) bond motifs is 5. The molecule has 6 aromatic carbocycles. The Morgan fingerprint density at radius 1 is 0.370 bits per heavy atom. The molecule has 0 amide bonds. The number of pyridine rings is 1. The van der Waals surface area contributed by atoms with Crippen molar-refractivity contribution in [2.75, 3.05) is 0 Å². The van der Waals surface area contributed by atoms with Crippen LogP contribution in [0.3, 0.4) is 0 Å². The fourth-order valence-electron chi connectivity index (χ4n) is 8.87. The summed E-state index contributed by atoms with van der Waals surface area (Å²) in [6, 6.07) is 59.1. The van der Waals surface area contributed by atoms with Crippen LogP contribution in [0, 0.1) is 0 Å². The summed E-state index contributed by atoms with van der Waals surface area (Å²) in [5.74, 6) is 0.710. The van der Waals surface area contributed by atoms with Gasteiger partial charge in [0, 0.05) is 34.5 Å². The molecule has 0 N–H and O–H groups in total. The van der Waals surface area contributed by atoms with Crippen LogP contribution < -0.4 is 0 Å². The van der Waals surface area contributed by atoms with Crippen LogP contribution in [-0.2, 0) is 5.41 Å². The number of benzene rings is 6. The van der Waals surface area contributed by atoms with Crippen LogP contribution in [0.4, 0.5) is 0 Å². The molecular formula is C51H39N3. The Morgan fingerprint density at radius 2 is 0.944 bits per heavy atom. The van der Waals surface area contributed by atoms with Crippen LogP contribution >= 0.6 is 0 Å². The molecule has 2 aliphatic rings. The van der Waals surface area contributed by atoms with Gasteiger partial charge < -0.3 is 0 Å². The maximum atomic E-state index is 5.11. The van der Waals surface area contributed by atoms with Gasteiger partial charge in [-0.3, -0.25) is 4.98 Å². The van der Waals surface area contributed by atoms with Gasteiger partial charge in [-0.25, -0.2) is 9.97 Å². The SMILES string of the molecule is c1ccc(-c2nc(-c3ccc(-c4cccnc4)cc3)cc(-c3cccc(-c4ccc(-c5ccc6c(c5)C5(CCCCC5)c5ccccc5-6)cc4)c3)n2)cc1. The second-order valence-corrected chi connectivity index (χ2v) is 14.8. The molecule has 2 aliphatic carbocycles. The molecule has 1 fully saturated rings. The minimum absolute atomic E-state index is 0.158. The zero-order valence-corrected chi connectivity index (χ0v) is 30.1. The van der Waals surface area contributed by atoms with Crippen molar-refractivity contribution >= 4 is 0 Å². The Bertz CT molecular complexity index is 2600. The minimum Gasteiger partial charge on any atom is -0.264 e. The van der Waals surface area contributed by atoms with Gasteiger partial charge in [-0.15, -0.1) is 0 Å². The van der Waals surface area contributed by atoms with Gasteiger partial charge in [0.25, 0.3) is 0 Å². The van der Waals surface area contributed by atoms with Gasteiger partial charge in [0.15, 0.2) is 5.82 Å². The summed E-state index contributed by atoms with van der Waals surface area (Å²) >= 11 is 0. The average Bonchev–Trinajstić information content (AvgIpc) is 3.52. The molecule has 0 bridgehead atoms. The molecular weight excluding hydrogens is 655 g/mol. The fourth-order valence-corrected chi connectivity index (χ4v) is 8.87. The molecule has 0 saturated heterocycles. The van der Waals surface area contributed by atoms with E-state index in [0.29, 0.717) is 5.82 Å². The Labute approximate surface area is 317 Å². The molecule has 8 aromatic rings. The molecule has 54 heavy (non-hydrogen) atoms. The van der Waals surface area contributed by atoms with E-state index in [4.69, 9.17) is 9.97 Å². The maximum Gasteiger partial charge on any atom is 0.160 e. The lowest BCUT2D eigenvalue weighted by molar-refractivity contribution is 0.353. The molecule has 2 aromatic heterocycles. The molecule has 0 unspecified atom stereocenters. The molecule has 0 radical (unpaired) electrons. The molecule has 258 valence electrons. The van der Waals surface area contributed by atoms with Gasteiger partial charge in [0.2, 0.25) is 0 Å². The van der Waals surface area contributed by atoms with E-state index in [0.717, 1.165) is 44.8 Å². The monoisotopic (exact) mass is 693 g/mol. The van der Waals surface area contributed by atoms with Crippen molar-refractivity contribution in [3.63, 3.8) is 0 Å². The summed E-state index contributed by atoms with van der Waals surface area (Å²) in [7, 11) is 0. The van der Waals surface area contributed by atoms with Crippen molar-refractivity contribution in [1.82, 2.24) is 15.0 Å². The molecule has 10 rings (SSSR count). The summed E-state index contributed by atoms with van der Waals surface area (Å²) in [6.45, 7) is 0. The first-order chi connectivity index (χ1) is 26.7. The fraction of sp³-hybridized carbons (Fsp3) is 0.118.